The molecule has 2 heterocycles. The van der Waals surface area contributed by atoms with Crippen LogP contribution >= 0.6 is 11.6 Å². The summed E-state index contributed by atoms with van der Waals surface area (Å²) in [4.78, 5) is 18.8. The van der Waals surface area contributed by atoms with E-state index in [0.717, 1.165) is 16.8 Å². The molecule has 6 heteroatoms. The third kappa shape index (κ3) is 2.99. The number of carbonyl (C=O) groups is 1. The van der Waals surface area contributed by atoms with Gasteiger partial charge in [-0.05, 0) is 43.7 Å². The molecule has 5 nitrogen and oxygen atoms in total. The van der Waals surface area contributed by atoms with Crippen molar-refractivity contribution in [1.82, 2.24) is 10.1 Å². The highest BCUT2D eigenvalue weighted by atomic mass is 35.5. The van der Waals surface area contributed by atoms with E-state index in [1.807, 2.05) is 56.3 Å². The van der Waals surface area contributed by atoms with Crippen molar-refractivity contribution in [2.24, 2.45) is 0 Å². The number of aromatic nitrogens is 2. The van der Waals surface area contributed by atoms with Crippen LogP contribution in [0.2, 0.25) is 5.02 Å². The lowest BCUT2D eigenvalue weighted by atomic mass is 10.1. The van der Waals surface area contributed by atoms with Gasteiger partial charge in [-0.1, -0.05) is 40.5 Å². The Hall–Kier alpha value is -2.66. The molecule has 132 valence electrons. The number of benzene rings is 2. The maximum Gasteiger partial charge on any atom is 0.257 e. The van der Waals surface area contributed by atoms with Crippen LogP contribution in [-0.2, 0) is 4.79 Å². The molecule has 1 aliphatic heterocycles. The number of hydrogen-bond acceptors (Lipinski definition) is 4. The van der Waals surface area contributed by atoms with E-state index in [9.17, 15) is 4.79 Å². The first kappa shape index (κ1) is 16.8. The number of carbonyl (C=O) groups excluding carboxylic acids is 1. The molecule has 1 fully saturated rings. The molecule has 26 heavy (non-hydrogen) atoms. The molecule has 1 saturated heterocycles. The molecule has 0 radical (unpaired) electrons. The van der Waals surface area contributed by atoms with Crippen molar-refractivity contribution in [3.8, 4) is 11.5 Å². The predicted octanol–water partition coefficient (Wildman–Crippen LogP) is 4.53. The Morgan fingerprint density at radius 2 is 1.92 bits per heavy atom. The molecule has 0 N–H and O–H groups in total. The second kappa shape index (κ2) is 6.57. The number of halogens is 1. The molecular formula is C20H18ClN3O2. The Bertz CT molecular complexity index is 965. The summed E-state index contributed by atoms with van der Waals surface area (Å²) in [5.74, 6) is 0.992. The normalized spacial score (nSPS) is 17.1. The van der Waals surface area contributed by atoms with Gasteiger partial charge in [0.2, 0.25) is 5.91 Å². The van der Waals surface area contributed by atoms with E-state index in [2.05, 4.69) is 10.1 Å². The van der Waals surface area contributed by atoms with E-state index < -0.39 is 0 Å². The Kier molecular flexibility index (Phi) is 4.24. The first-order valence-electron chi connectivity index (χ1n) is 8.49. The molecule has 0 aliphatic carbocycles. The summed E-state index contributed by atoms with van der Waals surface area (Å²) in [5.41, 5.74) is 3.78. The summed E-state index contributed by atoms with van der Waals surface area (Å²) in [6.45, 7) is 4.47. The number of nitrogens with zero attached hydrogens (tertiary/aromatic N) is 3. The maximum absolute atomic E-state index is 12.5. The van der Waals surface area contributed by atoms with Crippen molar-refractivity contribution in [3.05, 3.63) is 64.4 Å². The number of amides is 1. The van der Waals surface area contributed by atoms with Crippen molar-refractivity contribution in [3.63, 3.8) is 0 Å². The van der Waals surface area contributed by atoms with E-state index in [4.69, 9.17) is 16.1 Å². The summed E-state index contributed by atoms with van der Waals surface area (Å²) in [7, 11) is 0. The van der Waals surface area contributed by atoms with Gasteiger partial charge in [-0.15, -0.1) is 0 Å². The van der Waals surface area contributed by atoms with Crippen LogP contribution in [0.4, 0.5) is 5.69 Å². The lowest BCUT2D eigenvalue weighted by Crippen LogP contribution is -2.25. The molecule has 1 aliphatic rings. The van der Waals surface area contributed by atoms with Crippen molar-refractivity contribution >= 4 is 23.2 Å². The molecular weight excluding hydrogens is 350 g/mol. The Morgan fingerprint density at radius 1 is 1.15 bits per heavy atom. The molecule has 1 aromatic heterocycles. The van der Waals surface area contributed by atoms with Gasteiger partial charge >= 0.3 is 0 Å². The van der Waals surface area contributed by atoms with E-state index >= 15 is 0 Å². The standard InChI is InChI=1S/C20H18ClN3O2/c1-12-6-8-14(9-7-12)20-22-19(23-26-20)15-10-18(25)24(11-15)17-5-3-4-16(21)13(17)2/h3-9,15H,10-11H2,1-2H3. The number of rotatable bonds is 3. The predicted molar refractivity (Wildman–Crippen MR) is 100 cm³/mol. The number of anilines is 1. The van der Waals surface area contributed by atoms with Gasteiger partial charge in [0, 0.05) is 35.2 Å². The molecule has 1 atom stereocenters. The fourth-order valence-corrected chi connectivity index (χ4v) is 3.39. The van der Waals surface area contributed by atoms with Crippen molar-refractivity contribution in [2.45, 2.75) is 26.2 Å². The van der Waals surface area contributed by atoms with Crippen LogP contribution in [0, 0.1) is 13.8 Å². The summed E-state index contributed by atoms with van der Waals surface area (Å²) >= 11 is 6.20. The largest absolute Gasteiger partial charge is 0.334 e. The van der Waals surface area contributed by atoms with Gasteiger partial charge < -0.3 is 9.42 Å². The highest BCUT2D eigenvalue weighted by Crippen LogP contribution is 2.34. The van der Waals surface area contributed by atoms with Crippen LogP contribution in [0.1, 0.15) is 29.3 Å². The lowest BCUT2D eigenvalue weighted by molar-refractivity contribution is -0.117. The molecule has 0 bridgehead atoms. The van der Waals surface area contributed by atoms with Crippen molar-refractivity contribution in [2.75, 3.05) is 11.4 Å². The molecule has 2 aromatic carbocycles. The first-order valence-corrected chi connectivity index (χ1v) is 8.87. The van der Waals surface area contributed by atoms with Gasteiger partial charge in [-0.3, -0.25) is 4.79 Å². The van der Waals surface area contributed by atoms with Crippen molar-refractivity contribution < 1.29 is 9.32 Å². The van der Waals surface area contributed by atoms with Gasteiger partial charge in [-0.25, -0.2) is 0 Å². The van der Waals surface area contributed by atoms with Crippen LogP contribution in [0.15, 0.2) is 47.0 Å². The third-order valence-electron chi connectivity index (χ3n) is 4.76. The molecule has 0 spiro atoms. The van der Waals surface area contributed by atoms with Crippen LogP contribution < -0.4 is 4.90 Å². The Labute approximate surface area is 156 Å². The van der Waals surface area contributed by atoms with E-state index in [0.29, 0.717) is 29.7 Å². The fourth-order valence-electron chi connectivity index (χ4n) is 3.22. The highest BCUT2D eigenvalue weighted by Gasteiger charge is 2.35. The van der Waals surface area contributed by atoms with Crippen molar-refractivity contribution in [1.29, 1.82) is 0 Å². The zero-order valence-electron chi connectivity index (χ0n) is 14.6. The van der Waals surface area contributed by atoms with Gasteiger partial charge in [0.15, 0.2) is 5.82 Å². The Balaban J connectivity index is 1.58. The Morgan fingerprint density at radius 3 is 2.69 bits per heavy atom. The minimum atomic E-state index is -0.0937. The highest BCUT2D eigenvalue weighted by molar-refractivity contribution is 6.31. The molecule has 3 aromatic rings. The molecule has 4 rings (SSSR count). The van der Waals surface area contributed by atoms with E-state index in [1.54, 1.807) is 4.90 Å². The van der Waals surface area contributed by atoms with E-state index in [1.165, 1.54) is 5.56 Å². The second-order valence-corrected chi connectivity index (χ2v) is 7.02. The smallest absolute Gasteiger partial charge is 0.257 e. The summed E-state index contributed by atoms with van der Waals surface area (Å²) in [5, 5.41) is 4.76. The molecule has 1 amide bonds. The second-order valence-electron chi connectivity index (χ2n) is 6.61. The minimum Gasteiger partial charge on any atom is -0.334 e. The summed E-state index contributed by atoms with van der Waals surface area (Å²) in [6, 6.07) is 13.5. The monoisotopic (exact) mass is 367 g/mol. The topological polar surface area (TPSA) is 59.2 Å². The first-order chi connectivity index (χ1) is 12.5. The van der Waals surface area contributed by atoms with E-state index in [-0.39, 0.29) is 11.8 Å². The van der Waals surface area contributed by atoms with Crippen LogP contribution in [0.3, 0.4) is 0 Å². The zero-order valence-corrected chi connectivity index (χ0v) is 15.3. The molecule has 0 saturated carbocycles. The van der Waals surface area contributed by atoms with Gasteiger partial charge in [0.1, 0.15) is 0 Å². The van der Waals surface area contributed by atoms with Crippen LogP contribution in [0.5, 0.6) is 0 Å². The molecule has 1 unspecified atom stereocenters. The summed E-state index contributed by atoms with van der Waals surface area (Å²) in [6.07, 6.45) is 0.360. The maximum atomic E-state index is 12.5. The number of aryl methyl sites for hydroxylation is 1. The zero-order chi connectivity index (χ0) is 18.3. The van der Waals surface area contributed by atoms with Gasteiger partial charge in [0.05, 0.1) is 0 Å². The van der Waals surface area contributed by atoms with Crippen LogP contribution in [0.25, 0.3) is 11.5 Å². The van der Waals surface area contributed by atoms with Gasteiger partial charge in [0.25, 0.3) is 5.89 Å². The average Bonchev–Trinajstić information content (AvgIpc) is 3.25. The van der Waals surface area contributed by atoms with Gasteiger partial charge in [-0.2, -0.15) is 4.98 Å². The third-order valence-corrected chi connectivity index (χ3v) is 5.17. The quantitative estimate of drug-likeness (QED) is 0.682. The van der Waals surface area contributed by atoms with Crippen LogP contribution in [-0.4, -0.2) is 22.6 Å². The average molecular weight is 368 g/mol. The summed E-state index contributed by atoms with van der Waals surface area (Å²) < 4.78 is 5.41. The SMILES string of the molecule is Cc1ccc(-c2nc(C3CC(=O)N(c4cccc(Cl)c4C)C3)no2)cc1. The fraction of sp³-hybridized carbons (Fsp3) is 0.250. The minimum absolute atomic E-state index is 0.0436. The lowest BCUT2D eigenvalue weighted by Gasteiger charge is -2.19. The number of hydrogen-bond donors (Lipinski definition) is 0.